The average Bonchev–Trinajstić information content (AvgIpc) is 3.29. The van der Waals surface area contributed by atoms with Gasteiger partial charge in [0.2, 0.25) is 0 Å². The van der Waals surface area contributed by atoms with Crippen LogP contribution in [0.1, 0.15) is 10.4 Å². The number of hydrogen-bond donors (Lipinski definition) is 1. The fourth-order valence-electron chi connectivity index (χ4n) is 2.95. The number of nitrogens with one attached hydrogen (secondary N) is 1. The number of carbonyl (C=O) groups excluding carboxylic acids is 1. The first kappa shape index (κ1) is 18.7. The Hall–Kier alpha value is -3.65. The number of hydrogen-bond acceptors (Lipinski definition) is 6. The summed E-state index contributed by atoms with van der Waals surface area (Å²) in [6.45, 7) is 0. The molecule has 146 valence electrons. The molecule has 0 aliphatic rings. The molecule has 4 aromatic rings. The van der Waals surface area contributed by atoms with Gasteiger partial charge in [0.1, 0.15) is 0 Å². The molecule has 2 heterocycles. The summed E-state index contributed by atoms with van der Waals surface area (Å²) in [5.74, 6) is 0.830. The van der Waals surface area contributed by atoms with Gasteiger partial charge in [-0.3, -0.25) is 15.0 Å². The molecule has 2 aromatic carbocycles. The average molecular weight is 407 g/mol. The minimum absolute atomic E-state index is 0.319. The minimum Gasteiger partial charge on any atom is -0.493 e. The first-order valence-corrected chi connectivity index (χ1v) is 9.59. The fourth-order valence-corrected chi connectivity index (χ4v) is 3.65. The van der Waals surface area contributed by atoms with E-state index in [4.69, 9.17) is 9.47 Å². The predicted octanol–water partition coefficient (Wildman–Crippen LogP) is 3.53. The van der Waals surface area contributed by atoms with Crippen LogP contribution in [0, 0.1) is 0 Å². The Bertz CT molecular complexity index is 1250. The minimum atomic E-state index is -0.469. The van der Waals surface area contributed by atoms with E-state index in [0.29, 0.717) is 33.8 Å². The monoisotopic (exact) mass is 407 g/mol. The molecule has 0 fully saturated rings. The molecule has 0 bridgehead atoms. The van der Waals surface area contributed by atoms with E-state index in [1.54, 1.807) is 36.4 Å². The van der Waals surface area contributed by atoms with Crippen molar-refractivity contribution in [2.24, 2.45) is 0 Å². The lowest BCUT2D eigenvalue weighted by Gasteiger charge is -2.14. The Labute approximate surface area is 170 Å². The Morgan fingerprint density at radius 2 is 1.83 bits per heavy atom. The number of methoxy groups -OCH3 is 2. The molecule has 0 unspecified atom stereocenters. The van der Waals surface area contributed by atoms with Crippen LogP contribution in [-0.4, -0.2) is 29.8 Å². The lowest BCUT2D eigenvalue weighted by molar-refractivity contribution is 0.101. The molecule has 0 aliphatic heterocycles. The summed E-state index contributed by atoms with van der Waals surface area (Å²) in [6, 6.07) is 15.5. The maximum atomic E-state index is 13.1. The third-order valence-corrected chi connectivity index (χ3v) is 5.24. The summed E-state index contributed by atoms with van der Waals surface area (Å²) in [4.78, 5) is 31.4. The van der Waals surface area contributed by atoms with Crippen molar-refractivity contribution in [2.75, 3.05) is 19.6 Å². The number of amides is 1. The molecule has 0 saturated carbocycles. The zero-order valence-electron chi connectivity index (χ0n) is 15.7. The zero-order valence-corrected chi connectivity index (χ0v) is 16.5. The van der Waals surface area contributed by atoms with Gasteiger partial charge in [0.15, 0.2) is 17.3 Å². The van der Waals surface area contributed by atoms with Crippen molar-refractivity contribution in [3.8, 4) is 22.2 Å². The SMILES string of the molecule is COc1ccc(C(=O)Nn2c(-c3cccs3)nc3ccccc3c2=O)cc1OC. The molecular formula is C21H17N3O4S. The molecule has 0 spiro atoms. The summed E-state index contributed by atoms with van der Waals surface area (Å²) in [5.41, 5.74) is 3.21. The van der Waals surface area contributed by atoms with Gasteiger partial charge in [-0.1, -0.05) is 18.2 Å². The van der Waals surface area contributed by atoms with Crippen molar-refractivity contribution in [1.82, 2.24) is 9.66 Å². The van der Waals surface area contributed by atoms with Gasteiger partial charge in [-0.05, 0) is 41.8 Å². The van der Waals surface area contributed by atoms with E-state index < -0.39 is 5.91 Å². The van der Waals surface area contributed by atoms with Gasteiger partial charge < -0.3 is 9.47 Å². The van der Waals surface area contributed by atoms with Crippen molar-refractivity contribution in [3.63, 3.8) is 0 Å². The first-order valence-electron chi connectivity index (χ1n) is 8.71. The fraction of sp³-hybridized carbons (Fsp3) is 0.0952. The van der Waals surface area contributed by atoms with Crippen LogP contribution in [-0.2, 0) is 0 Å². The first-order chi connectivity index (χ1) is 14.1. The van der Waals surface area contributed by atoms with Crippen molar-refractivity contribution in [1.29, 1.82) is 0 Å². The van der Waals surface area contributed by atoms with E-state index in [2.05, 4.69) is 10.4 Å². The summed E-state index contributed by atoms with van der Waals surface area (Å²) in [6.07, 6.45) is 0. The molecule has 7 nitrogen and oxygen atoms in total. The van der Waals surface area contributed by atoms with Gasteiger partial charge >= 0.3 is 0 Å². The standard InChI is InChI=1S/C21H17N3O4S/c1-27-16-10-9-13(12-17(16)28-2)20(25)23-24-19(18-8-5-11-29-18)22-15-7-4-3-6-14(15)21(24)26/h3-12H,1-2H3,(H,23,25). The van der Waals surface area contributed by atoms with E-state index in [0.717, 1.165) is 4.88 Å². The van der Waals surface area contributed by atoms with Gasteiger partial charge in [-0.15, -0.1) is 11.3 Å². The van der Waals surface area contributed by atoms with Crippen molar-refractivity contribution >= 4 is 28.1 Å². The molecule has 0 aliphatic carbocycles. The highest BCUT2D eigenvalue weighted by Gasteiger charge is 2.17. The van der Waals surface area contributed by atoms with Gasteiger partial charge in [0.05, 0.1) is 30.0 Å². The Balaban J connectivity index is 1.81. The zero-order chi connectivity index (χ0) is 20.4. The van der Waals surface area contributed by atoms with Crippen molar-refractivity contribution in [3.05, 3.63) is 75.9 Å². The number of fused-ring (bicyclic) bond motifs is 1. The molecule has 1 amide bonds. The number of thiophene rings is 1. The molecule has 0 atom stereocenters. The normalized spacial score (nSPS) is 10.7. The van der Waals surface area contributed by atoms with Gasteiger partial charge in [0, 0.05) is 5.56 Å². The number of rotatable bonds is 5. The largest absolute Gasteiger partial charge is 0.493 e. The molecular weight excluding hydrogens is 390 g/mol. The molecule has 29 heavy (non-hydrogen) atoms. The Kier molecular flexibility index (Phi) is 5.01. The van der Waals surface area contributed by atoms with E-state index in [9.17, 15) is 9.59 Å². The van der Waals surface area contributed by atoms with Crippen LogP contribution in [0.5, 0.6) is 11.5 Å². The number of nitrogens with zero attached hydrogens (tertiary/aromatic N) is 2. The molecule has 8 heteroatoms. The smallest absolute Gasteiger partial charge is 0.280 e. The summed E-state index contributed by atoms with van der Waals surface area (Å²) in [7, 11) is 3.01. The second-order valence-electron chi connectivity index (χ2n) is 6.08. The molecule has 0 saturated heterocycles. The number of aromatic nitrogens is 2. The van der Waals surface area contributed by atoms with Crippen LogP contribution in [0.25, 0.3) is 21.6 Å². The van der Waals surface area contributed by atoms with Crippen LogP contribution < -0.4 is 20.5 Å². The summed E-state index contributed by atoms with van der Waals surface area (Å²) >= 11 is 1.43. The molecule has 2 aromatic heterocycles. The third kappa shape index (κ3) is 3.45. The summed E-state index contributed by atoms with van der Waals surface area (Å²) in [5, 5.41) is 2.30. The highest BCUT2D eigenvalue weighted by molar-refractivity contribution is 7.13. The van der Waals surface area contributed by atoms with Crippen molar-refractivity contribution in [2.45, 2.75) is 0 Å². The Morgan fingerprint density at radius 3 is 2.55 bits per heavy atom. The third-order valence-electron chi connectivity index (χ3n) is 4.38. The molecule has 4 rings (SSSR count). The van der Waals surface area contributed by atoms with Gasteiger partial charge in [-0.2, -0.15) is 4.68 Å². The van der Waals surface area contributed by atoms with Gasteiger partial charge in [-0.25, -0.2) is 4.98 Å². The predicted molar refractivity (Wildman–Crippen MR) is 113 cm³/mol. The molecule has 0 radical (unpaired) electrons. The van der Waals surface area contributed by atoms with Crippen LogP contribution in [0.4, 0.5) is 0 Å². The van der Waals surface area contributed by atoms with Crippen LogP contribution in [0.15, 0.2) is 64.8 Å². The number of benzene rings is 2. The lowest BCUT2D eigenvalue weighted by Crippen LogP contribution is -2.35. The topological polar surface area (TPSA) is 82.5 Å². The van der Waals surface area contributed by atoms with Crippen molar-refractivity contribution < 1.29 is 14.3 Å². The second kappa shape index (κ2) is 7.76. The highest BCUT2D eigenvalue weighted by Crippen LogP contribution is 2.28. The highest BCUT2D eigenvalue weighted by atomic mass is 32.1. The number of para-hydroxylation sites is 1. The van der Waals surface area contributed by atoms with Crippen LogP contribution in [0.2, 0.25) is 0 Å². The lowest BCUT2D eigenvalue weighted by atomic mass is 10.2. The number of ether oxygens (including phenoxy) is 2. The summed E-state index contributed by atoms with van der Waals surface area (Å²) < 4.78 is 11.6. The van der Waals surface area contributed by atoms with Gasteiger partial charge in [0.25, 0.3) is 11.5 Å². The number of carbonyl (C=O) groups is 1. The van der Waals surface area contributed by atoms with Crippen LogP contribution >= 0.6 is 11.3 Å². The van der Waals surface area contributed by atoms with Crippen LogP contribution in [0.3, 0.4) is 0 Å². The maximum absolute atomic E-state index is 13.1. The Morgan fingerprint density at radius 1 is 1.03 bits per heavy atom. The second-order valence-corrected chi connectivity index (χ2v) is 7.03. The van der Waals surface area contributed by atoms with E-state index in [1.165, 1.54) is 30.2 Å². The van der Waals surface area contributed by atoms with E-state index in [1.807, 2.05) is 23.6 Å². The quantitative estimate of drug-likeness (QED) is 0.547. The van der Waals surface area contributed by atoms with E-state index in [-0.39, 0.29) is 5.56 Å². The molecule has 1 N–H and O–H groups in total. The van der Waals surface area contributed by atoms with E-state index >= 15 is 0 Å². The maximum Gasteiger partial charge on any atom is 0.280 e.